The molecule has 0 bridgehead atoms. The van der Waals surface area contributed by atoms with Crippen molar-refractivity contribution in [3.05, 3.63) is 28.8 Å². The summed E-state index contributed by atoms with van der Waals surface area (Å²) in [6, 6.07) is 6.34. The van der Waals surface area contributed by atoms with Crippen molar-refractivity contribution in [1.29, 1.82) is 0 Å². The van der Waals surface area contributed by atoms with Gasteiger partial charge < -0.3 is 10.1 Å². The zero-order valence-corrected chi connectivity index (χ0v) is 13.4. The lowest BCUT2D eigenvalue weighted by Crippen LogP contribution is -2.19. The highest BCUT2D eigenvalue weighted by atomic mass is 35.5. The lowest BCUT2D eigenvalue weighted by atomic mass is 9.83. The maximum Gasteiger partial charge on any atom is 0.120 e. The Kier molecular flexibility index (Phi) is 6.18. The van der Waals surface area contributed by atoms with E-state index < -0.39 is 0 Å². The smallest absolute Gasteiger partial charge is 0.120 e. The fraction of sp³-hybridized carbons (Fsp3) is 0.647. The molecule has 20 heavy (non-hydrogen) atoms. The molecule has 0 radical (unpaired) electrons. The van der Waals surface area contributed by atoms with Gasteiger partial charge in [0.15, 0.2) is 0 Å². The van der Waals surface area contributed by atoms with Crippen LogP contribution in [0.15, 0.2) is 18.2 Å². The molecule has 1 aromatic rings. The first-order valence-corrected chi connectivity index (χ1v) is 8.24. The first kappa shape index (κ1) is 15.7. The summed E-state index contributed by atoms with van der Waals surface area (Å²) in [6.45, 7) is 6.13. The van der Waals surface area contributed by atoms with Gasteiger partial charge in [0, 0.05) is 11.1 Å². The molecule has 112 valence electrons. The molecule has 0 saturated heterocycles. The fourth-order valence-corrected chi connectivity index (χ4v) is 2.88. The average Bonchev–Trinajstić information content (AvgIpc) is 2.39. The number of nitrogens with one attached hydrogen (secondary N) is 1. The van der Waals surface area contributed by atoms with E-state index in [-0.39, 0.29) is 6.04 Å². The molecule has 1 aliphatic carbocycles. The van der Waals surface area contributed by atoms with E-state index in [4.69, 9.17) is 16.3 Å². The molecular weight excluding hydrogens is 270 g/mol. The van der Waals surface area contributed by atoms with E-state index in [0.717, 1.165) is 41.8 Å². The summed E-state index contributed by atoms with van der Waals surface area (Å²) in [5.74, 6) is 1.78. The van der Waals surface area contributed by atoms with Gasteiger partial charge in [0.05, 0.1) is 6.61 Å². The van der Waals surface area contributed by atoms with E-state index in [1.54, 1.807) is 0 Å². The normalized spacial score (nSPS) is 16.8. The van der Waals surface area contributed by atoms with Crippen LogP contribution in [0.4, 0.5) is 0 Å². The highest BCUT2D eigenvalue weighted by Crippen LogP contribution is 2.30. The summed E-state index contributed by atoms with van der Waals surface area (Å²) in [4.78, 5) is 0. The molecule has 3 heteroatoms. The Labute approximate surface area is 127 Å². The first-order chi connectivity index (χ1) is 9.70. The Hall–Kier alpha value is -0.730. The van der Waals surface area contributed by atoms with Crippen molar-refractivity contribution in [2.24, 2.45) is 5.92 Å². The lowest BCUT2D eigenvalue weighted by molar-refractivity contribution is 0.222. The lowest BCUT2D eigenvalue weighted by Gasteiger charge is -2.25. The second-order valence-corrected chi connectivity index (χ2v) is 6.20. The van der Waals surface area contributed by atoms with Crippen LogP contribution in [0, 0.1) is 5.92 Å². The van der Waals surface area contributed by atoms with Crippen molar-refractivity contribution < 1.29 is 4.74 Å². The van der Waals surface area contributed by atoms with Crippen molar-refractivity contribution in [3.63, 3.8) is 0 Å². The molecule has 1 unspecified atom stereocenters. The molecular formula is C17H26ClNO. The molecule has 0 aliphatic heterocycles. The minimum absolute atomic E-state index is 0.284. The number of ether oxygens (including phenoxy) is 1. The van der Waals surface area contributed by atoms with Crippen LogP contribution in [0.25, 0.3) is 0 Å². The third-order valence-electron chi connectivity index (χ3n) is 4.16. The maximum absolute atomic E-state index is 6.36. The van der Waals surface area contributed by atoms with E-state index in [0.29, 0.717) is 0 Å². The fourth-order valence-electron chi connectivity index (χ4n) is 2.54. The van der Waals surface area contributed by atoms with E-state index in [9.17, 15) is 0 Å². The Bertz CT molecular complexity index is 417. The Morgan fingerprint density at radius 2 is 2.20 bits per heavy atom. The highest BCUT2D eigenvalue weighted by molar-refractivity contribution is 6.31. The third kappa shape index (κ3) is 4.39. The number of hydrogen-bond acceptors (Lipinski definition) is 2. The monoisotopic (exact) mass is 295 g/mol. The van der Waals surface area contributed by atoms with Crippen molar-refractivity contribution in [2.45, 2.75) is 52.0 Å². The van der Waals surface area contributed by atoms with Crippen molar-refractivity contribution in [2.75, 3.05) is 13.2 Å². The van der Waals surface area contributed by atoms with Crippen LogP contribution < -0.4 is 10.1 Å². The quantitative estimate of drug-likeness (QED) is 0.731. The van der Waals surface area contributed by atoms with Crippen LogP contribution in [0.1, 0.15) is 57.6 Å². The molecule has 1 N–H and O–H groups in total. The molecule has 2 rings (SSSR count). The zero-order valence-electron chi connectivity index (χ0n) is 12.6. The Morgan fingerprint density at radius 1 is 1.40 bits per heavy atom. The SMILES string of the molecule is CCCNC(C)c1ccc(OCCC2CCC2)cc1Cl. The molecule has 0 aromatic heterocycles. The topological polar surface area (TPSA) is 21.3 Å². The van der Waals surface area contributed by atoms with E-state index in [1.807, 2.05) is 12.1 Å². The summed E-state index contributed by atoms with van der Waals surface area (Å²) in [6.07, 6.45) is 6.46. The molecule has 1 aliphatic rings. The number of benzene rings is 1. The number of rotatable bonds is 8. The van der Waals surface area contributed by atoms with Gasteiger partial charge in [0.25, 0.3) is 0 Å². The van der Waals surface area contributed by atoms with Gasteiger partial charge in [-0.25, -0.2) is 0 Å². The Morgan fingerprint density at radius 3 is 2.80 bits per heavy atom. The van der Waals surface area contributed by atoms with Crippen LogP contribution in [0.3, 0.4) is 0 Å². The minimum atomic E-state index is 0.284. The van der Waals surface area contributed by atoms with Gasteiger partial charge in [-0.15, -0.1) is 0 Å². The second kappa shape index (κ2) is 7.90. The minimum Gasteiger partial charge on any atom is -0.494 e. The number of halogens is 1. The van der Waals surface area contributed by atoms with Crippen LogP contribution in [0.2, 0.25) is 5.02 Å². The van der Waals surface area contributed by atoms with Crippen molar-refractivity contribution in [3.8, 4) is 5.75 Å². The molecule has 0 heterocycles. The van der Waals surface area contributed by atoms with Crippen molar-refractivity contribution >= 4 is 11.6 Å². The first-order valence-electron chi connectivity index (χ1n) is 7.86. The van der Waals surface area contributed by atoms with Crippen LogP contribution in [-0.2, 0) is 0 Å². The molecule has 2 nitrogen and oxygen atoms in total. The molecule has 1 saturated carbocycles. The predicted octanol–water partition coefficient (Wildman–Crippen LogP) is 4.97. The molecule has 0 spiro atoms. The van der Waals surface area contributed by atoms with Crippen molar-refractivity contribution in [1.82, 2.24) is 5.32 Å². The average molecular weight is 296 g/mol. The van der Waals surface area contributed by atoms with E-state index in [2.05, 4.69) is 25.2 Å². The molecule has 1 fully saturated rings. The molecule has 0 amide bonds. The van der Waals surface area contributed by atoms with Gasteiger partial charge in [-0.2, -0.15) is 0 Å². The van der Waals surface area contributed by atoms with Gasteiger partial charge in [0.2, 0.25) is 0 Å². The molecule has 1 atom stereocenters. The summed E-state index contributed by atoms with van der Waals surface area (Å²) < 4.78 is 5.80. The summed E-state index contributed by atoms with van der Waals surface area (Å²) in [5.41, 5.74) is 1.14. The summed E-state index contributed by atoms with van der Waals surface area (Å²) in [5, 5.41) is 4.25. The van der Waals surface area contributed by atoms with E-state index in [1.165, 1.54) is 25.7 Å². The highest BCUT2D eigenvalue weighted by Gasteiger charge is 2.17. The Balaban J connectivity index is 1.84. The van der Waals surface area contributed by atoms with Crippen LogP contribution >= 0.6 is 11.6 Å². The van der Waals surface area contributed by atoms with Gasteiger partial charge >= 0.3 is 0 Å². The van der Waals surface area contributed by atoms with Gasteiger partial charge in [-0.1, -0.05) is 43.9 Å². The van der Waals surface area contributed by atoms with Crippen LogP contribution in [-0.4, -0.2) is 13.2 Å². The zero-order chi connectivity index (χ0) is 14.4. The summed E-state index contributed by atoms with van der Waals surface area (Å²) >= 11 is 6.36. The van der Waals surface area contributed by atoms with Gasteiger partial charge in [-0.05, 0) is 49.9 Å². The standard InChI is InChI=1S/C17H26ClNO/c1-3-10-19-13(2)16-8-7-15(12-17(16)18)20-11-9-14-5-4-6-14/h7-8,12-14,19H,3-6,9-11H2,1-2H3. The molecule has 1 aromatic carbocycles. The second-order valence-electron chi connectivity index (χ2n) is 5.79. The van der Waals surface area contributed by atoms with E-state index >= 15 is 0 Å². The van der Waals surface area contributed by atoms with Gasteiger partial charge in [-0.3, -0.25) is 0 Å². The third-order valence-corrected chi connectivity index (χ3v) is 4.49. The van der Waals surface area contributed by atoms with Crippen LogP contribution in [0.5, 0.6) is 5.75 Å². The predicted molar refractivity (Wildman–Crippen MR) is 85.6 cm³/mol. The van der Waals surface area contributed by atoms with Gasteiger partial charge in [0.1, 0.15) is 5.75 Å². The number of hydrogen-bond donors (Lipinski definition) is 1. The maximum atomic E-state index is 6.36. The summed E-state index contributed by atoms with van der Waals surface area (Å²) in [7, 11) is 0. The largest absolute Gasteiger partial charge is 0.494 e.